The van der Waals surface area contributed by atoms with Crippen LogP contribution in [0.2, 0.25) is 5.02 Å². The summed E-state index contributed by atoms with van der Waals surface area (Å²) in [6, 6.07) is 16.4. The van der Waals surface area contributed by atoms with E-state index in [1.54, 1.807) is 31.2 Å². The number of methoxy groups -OCH3 is 1. The summed E-state index contributed by atoms with van der Waals surface area (Å²) >= 11 is 6.05. The molecule has 0 saturated heterocycles. The largest absolute Gasteiger partial charge is 0.497 e. The lowest BCUT2D eigenvalue weighted by Crippen LogP contribution is -2.53. The summed E-state index contributed by atoms with van der Waals surface area (Å²) in [6.45, 7) is 5.01. The van der Waals surface area contributed by atoms with Crippen molar-refractivity contribution in [2.24, 2.45) is 0 Å². The van der Waals surface area contributed by atoms with E-state index in [0.717, 1.165) is 16.4 Å². The van der Waals surface area contributed by atoms with E-state index < -0.39 is 34.3 Å². The molecule has 0 aliphatic carbocycles. The van der Waals surface area contributed by atoms with Gasteiger partial charge in [0.05, 0.1) is 17.7 Å². The van der Waals surface area contributed by atoms with Crippen LogP contribution in [0.1, 0.15) is 39.2 Å². The average molecular weight is 604 g/mol. The Bertz CT molecular complexity index is 1420. The average Bonchev–Trinajstić information content (AvgIpc) is 2.97. The van der Waals surface area contributed by atoms with Crippen molar-refractivity contribution in [1.82, 2.24) is 10.2 Å². The van der Waals surface area contributed by atoms with Gasteiger partial charge in [0.25, 0.3) is 10.0 Å². The number of nitrogens with zero attached hydrogens (tertiary/aromatic N) is 2. The minimum absolute atomic E-state index is 0.0439. The Morgan fingerprint density at radius 3 is 2.10 bits per heavy atom. The van der Waals surface area contributed by atoms with Gasteiger partial charge in [0.2, 0.25) is 11.8 Å². The van der Waals surface area contributed by atoms with Crippen LogP contribution in [0.4, 0.5) is 10.1 Å². The van der Waals surface area contributed by atoms with Crippen LogP contribution in [0, 0.1) is 5.82 Å². The lowest BCUT2D eigenvalue weighted by atomic mass is 10.1. The number of nitrogens with one attached hydrogen (secondary N) is 1. The predicted molar refractivity (Wildman–Crippen MR) is 158 cm³/mol. The van der Waals surface area contributed by atoms with Crippen molar-refractivity contribution in [2.75, 3.05) is 18.0 Å². The summed E-state index contributed by atoms with van der Waals surface area (Å²) in [5, 5.41) is 3.44. The van der Waals surface area contributed by atoms with Gasteiger partial charge in [-0.1, -0.05) is 37.6 Å². The molecule has 0 saturated carbocycles. The van der Waals surface area contributed by atoms with Crippen molar-refractivity contribution in [1.29, 1.82) is 0 Å². The fourth-order valence-corrected chi connectivity index (χ4v) is 5.70. The van der Waals surface area contributed by atoms with Gasteiger partial charge >= 0.3 is 0 Å². The number of hydrogen-bond donors (Lipinski definition) is 1. The maximum absolute atomic E-state index is 14.0. The number of hydrogen-bond acceptors (Lipinski definition) is 5. The molecule has 220 valence electrons. The molecule has 0 aromatic heterocycles. The molecule has 0 aliphatic rings. The molecule has 3 aromatic carbocycles. The highest BCUT2D eigenvalue weighted by atomic mass is 35.5. The molecule has 0 unspecified atom stereocenters. The van der Waals surface area contributed by atoms with E-state index in [4.69, 9.17) is 16.3 Å². The molecule has 8 nitrogen and oxygen atoms in total. The quantitative estimate of drug-likeness (QED) is 0.282. The van der Waals surface area contributed by atoms with Crippen molar-refractivity contribution >= 4 is 39.1 Å². The minimum atomic E-state index is -4.28. The fraction of sp³-hybridized carbons (Fsp3) is 0.333. The van der Waals surface area contributed by atoms with E-state index in [9.17, 15) is 22.4 Å². The highest BCUT2D eigenvalue weighted by Crippen LogP contribution is 2.26. The Morgan fingerprint density at radius 1 is 0.951 bits per heavy atom. The number of carbonyl (C=O) groups excluding carboxylic acids is 2. The fourth-order valence-electron chi connectivity index (χ4n) is 4.16. The SMILES string of the molecule is CC[C@H](C(=O)N[C@@H](C)CC)N(Cc1ccc(Cl)cc1)C(=O)CN(c1ccc(F)cc1)S(=O)(=O)c1ccc(OC)cc1. The molecule has 1 N–H and O–H groups in total. The van der Waals surface area contributed by atoms with Crippen LogP contribution in [0.5, 0.6) is 5.75 Å². The molecular weight excluding hydrogens is 569 g/mol. The van der Waals surface area contributed by atoms with Crippen molar-refractivity contribution in [3.8, 4) is 5.75 Å². The Kier molecular flexibility index (Phi) is 11.1. The summed E-state index contributed by atoms with van der Waals surface area (Å²) in [5.74, 6) is -1.04. The number of anilines is 1. The Morgan fingerprint density at radius 2 is 1.56 bits per heavy atom. The molecule has 0 aliphatic heterocycles. The number of ether oxygens (including phenoxy) is 1. The monoisotopic (exact) mass is 603 g/mol. The number of benzene rings is 3. The maximum Gasteiger partial charge on any atom is 0.264 e. The number of carbonyl (C=O) groups is 2. The van der Waals surface area contributed by atoms with Gasteiger partial charge in [-0.25, -0.2) is 12.8 Å². The molecule has 2 amide bonds. The number of amides is 2. The second kappa shape index (κ2) is 14.3. The van der Waals surface area contributed by atoms with Crippen molar-refractivity contribution in [3.63, 3.8) is 0 Å². The normalized spacial score (nSPS) is 12.7. The molecular formula is C30H35ClFN3O5S. The van der Waals surface area contributed by atoms with Gasteiger partial charge in [-0.15, -0.1) is 0 Å². The molecule has 0 radical (unpaired) electrons. The van der Waals surface area contributed by atoms with Crippen LogP contribution in [0.25, 0.3) is 0 Å². The van der Waals surface area contributed by atoms with Crippen LogP contribution < -0.4 is 14.4 Å². The van der Waals surface area contributed by atoms with Crippen LogP contribution in [0.3, 0.4) is 0 Å². The summed E-state index contributed by atoms with van der Waals surface area (Å²) in [6.07, 6.45) is 0.995. The lowest BCUT2D eigenvalue weighted by Gasteiger charge is -2.33. The number of rotatable bonds is 13. The first-order valence-corrected chi connectivity index (χ1v) is 15.1. The first kappa shape index (κ1) is 31.9. The molecule has 3 rings (SSSR count). The van der Waals surface area contributed by atoms with E-state index in [2.05, 4.69) is 5.32 Å². The third-order valence-corrected chi connectivity index (χ3v) is 8.73. The molecule has 3 aromatic rings. The highest BCUT2D eigenvalue weighted by molar-refractivity contribution is 7.92. The van der Waals surface area contributed by atoms with Gasteiger partial charge in [-0.05, 0) is 86.0 Å². The van der Waals surface area contributed by atoms with Gasteiger partial charge in [-0.3, -0.25) is 13.9 Å². The maximum atomic E-state index is 14.0. The van der Waals surface area contributed by atoms with Gasteiger partial charge in [0.1, 0.15) is 24.2 Å². The van der Waals surface area contributed by atoms with E-state index in [0.29, 0.717) is 29.2 Å². The van der Waals surface area contributed by atoms with Crippen LogP contribution in [-0.2, 0) is 26.2 Å². The highest BCUT2D eigenvalue weighted by Gasteiger charge is 2.34. The second-order valence-corrected chi connectivity index (χ2v) is 11.9. The molecule has 41 heavy (non-hydrogen) atoms. The standard InChI is InChI=1S/C30H35ClFN3O5S/c1-5-21(3)33-30(37)28(6-2)34(19-22-7-9-23(31)10-8-22)29(36)20-35(25-13-11-24(32)12-14-25)41(38,39)27-17-15-26(40-4)16-18-27/h7-18,21,28H,5-6,19-20H2,1-4H3,(H,33,37)/t21-,28+/m0/s1. The Hall–Kier alpha value is -3.63. The first-order chi connectivity index (χ1) is 19.5. The smallest absolute Gasteiger partial charge is 0.264 e. The van der Waals surface area contributed by atoms with E-state index in [-0.39, 0.29) is 29.1 Å². The van der Waals surface area contributed by atoms with Crippen LogP contribution in [0.15, 0.2) is 77.7 Å². The van der Waals surface area contributed by atoms with Crippen molar-refractivity contribution in [2.45, 2.75) is 57.1 Å². The Balaban J connectivity index is 2.05. The topological polar surface area (TPSA) is 96.0 Å². The third kappa shape index (κ3) is 8.20. The van der Waals surface area contributed by atoms with Gasteiger partial charge in [-0.2, -0.15) is 0 Å². The molecule has 2 atom stereocenters. The minimum Gasteiger partial charge on any atom is -0.497 e. The molecule has 0 fully saturated rings. The van der Waals surface area contributed by atoms with Crippen molar-refractivity contribution < 1.29 is 27.1 Å². The first-order valence-electron chi connectivity index (χ1n) is 13.3. The van der Waals surface area contributed by atoms with Crippen molar-refractivity contribution in [3.05, 3.63) is 89.2 Å². The molecule has 0 spiro atoms. The van der Waals surface area contributed by atoms with Gasteiger partial charge < -0.3 is 15.0 Å². The third-order valence-electron chi connectivity index (χ3n) is 6.69. The number of sulfonamides is 1. The molecule has 0 heterocycles. The van der Waals surface area contributed by atoms with Gasteiger partial charge in [0, 0.05) is 17.6 Å². The second-order valence-electron chi connectivity index (χ2n) is 9.55. The summed E-state index contributed by atoms with van der Waals surface area (Å²) in [4.78, 5) is 28.6. The zero-order valence-electron chi connectivity index (χ0n) is 23.5. The van der Waals surface area contributed by atoms with E-state index in [1.807, 2.05) is 13.8 Å². The number of halogens is 2. The summed E-state index contributed by atoms with van der Waals surface area (Å²) in [5.41, 5.74) is 0.808. The van der Waals surface area contributed by atoms with E-state index in [1.165, 1.54) is 48.4 Å². The summed E-state index contributed by atoms with van der Waals surface area (Å²) < 4.78 is 47.5. The van der Waals surface area contributed by atoms with Crippen LogP contribution in [-0.4, -0.2) is 50.9 Å². The predicted octanol–water partition coefficient (Wildman–Crippen LogP) is 5.41. The molecule has 11 heteroatoms. The van der Waals surface area contributed by atoms with Gasteiger partial charge in [0.15, 0.2) is 0 Å². The van der Waals surface area contributed by atoms with Crippen LogP contribution >= 0.6 is 11.6 Å². The Labute approximate surface area is 246 Å². The van der Waals surface area contributed by atoms with E-state index >= 15 is 0 Å². The lowest BCUT2D eigenvalue weighted by molar-refractivity contribution is -0.140. The zero-order chi connectivity index (χ0) is 30.2. The summed E-state index contributed by atoms with van der Waals surface area (Å²) in [7, 11) is -2.82. The zero-order valence-corrected chi connectivity index (χ0v) is 25.1. The molecule has 0 bridgehead atoms.